The lowest BCUT2D eigenvalue weighted by molar-refractivity contribution is -0.133. The number of aliphatic hydroxyl groups is 1. The maximum absolute atomic E-state index is 11.6. The van der Waals surface area contributed by atoms with E-state index in [4.69, 9.17) is 9.84 Å². The Balaban J connectivity index is 2.40. The summed E-state index contributed by atoms with van der Waals surface area (Å²) in [6.45, 7) is 1.92. The number of rotatable bonds is 5. The molecule has 1 aromatic carbocycles. The van der Waals surface area contributed by atoms with E-state index in [1.807, 2.05) is 12.1 Å². The summed E-state index contributed by atoms with van der Waals surface area (Å²) in [6, 6.07) is 7.26. The fraction of sp³-hybridized carbons (Fsp3) is 0.417. The molecule has 1 N–H and O–H groups in total. The summed E-state index contributed by atoms with van der Waals surface area (Å²) < 4.78 is 6.29. The lowest BCUT2D eigenvalue weighted by atomic mass is 10.3. The monoisotopic (exact) mass is 301 g/mol. The Bertz CT molecular complexity index is 365. The molecule has 17 heavy (non-hydrogen) atoms. The van der Waals surface area contributed by atoms with E-state index in [9.17, 15) is 4.79 Å². The molecule has 94 valence electrons. The van der Waals surface area contributed by atoms with Crippen LogP contribution < -0.4 is 4.74 Å². The van der Waals surface area contributed by atoms with Crippen molar-refractivity contribution in [2.75, 3.05) is 20.2 Å². The quantitative estimate of drug-likeness (QED) is 0.900. The zero-order chi connectivity index (χ0) is 12.8. The minimum absolute atomic E-state index is 0.0230. The Morgan fingerprint density at radius 3 is 2.59 bits per heavy atom. The van der Waals surface area contributed by atoms with Crippen molar-refractivity contribution in [3.05, 3.63) is 28.7 Å². The van der Waals surface area contributed by atoms with Crippen LogP contribution in [0.1, 0.15) is 6.92 Å². The topological polar surface area (TPSA) is 49.8 Å². The standard InChI is InChI=1S/C12H16BrNO3/c1-9(15)7-14(2)12(16)8-17-11-5-3-10(13)4-6-11/h3-6,9,15H,7-8H2,1-2H3. The zero-order valence-corrected chi connectivity index (χ0v) is 11.5. The second-order valence-electron chi connectivity index (χ2n) is 3.87. The first-order chi connectivity index (χ1) is 7.99. The summed E-state index contributed by atoms with van der Waals surface area (Å²) in [5.74, 6) is 0.487. The molecule has 0 radical (unpaired) electrons. The number of hydrogen-bond acceptors (Lipinski definition) is 3. The Labute approximate surface area is 109 Å². The van der Waals surface area contributed by atoms with Gasteiger partial charge in [0.1, 0.15) is 5.75 Å². The molecule has 1 atom stereocenters. The van der Waals surface area contributed by atoms with Crippen LogP contribution in [0.15, 0.2) is 28.7 Å². The maximum Gasteiger partial charge on any atom is 0.260 e. The first-order valence-electron chi connectivity index (χ1n) is 5.29. The van der Waals surface area contributed by atoms with E-state index >= 15 is 0 Å². The van der Waals surface area contributed by atoms with Gasteiger partial charge in [0.25, 0.3) is 5.91 Å². The van der Waals surface area contributed by atoms with Gasteiger partial charge in [-0.25, -0.2) is 0 Å². The molecule has 0 saturated heterocycles. The number of nitrogens with zero attached hydrogens (tertiary/aromatic N) is 1. The molecule has 0 aliphatic carbocycles. The smallest absolute Gasteiger partial charge is 0.260 e. The van der Waals surface area contributed by atoms with Crippen molar-refractivity contribution < 1.29 is 14.6 Å². The third kappa shape index (κ3) is 5.19. The molecule has 0 spiro atoms. The van der Waals surface area contributed by atoms with E-state index in [1.165, 1.54) is 4.90 Å². The van der Waals surface area contributed by atoms with Crippen molar-refractivity contribution in [1.29, 1.82) is 0 Å². The maximum atomic E-state index is 11.6. The fourth-order valence-corrected chi connectivity index (χ4v) is 1.55. The lowest BCUT2D eigenvalue weighted by Crippen LogP contribution is -2.36. The van der Waals surface area contributed by atoms with Crippen molar-refractivity contribution >= 4 is 21.8 Å². The summed E-state index contributed by atoms with van der Waals surface area (Å²) in [4.78, 5) is 13.0. The summed E-state index contributed by atoms with van der Waals surface area (Å²) in [6.07, 6.45) is -0.531. The predicted molar refractivity (Wildman–Crippen MR) is 69.0 cm³/mol. The average Bonchev–Trinajstić information content (AvgIpc) is 2.27. The third-order valence-electron chi connectivity index (χ3n) is 2.14. The van der Waals surface area contributed by atoms with Crippen molar-refractivity contribution in [2.45, 2.75) is 13.0 Å². The average molecular weight is 302 g/mol. The van der Waals surface area contributed by atoms with Crippen molar-refractivity contribution in [3.63, 3.8) is 0 Å². The highest BCUT2D eigenvalue weighted by molar-refractivity contribution is 9.10. The second-order valence-corrected chi connectivity index (χ2v) is 4.78. The number of benzene rings is 1. The number of hydrogen-bond donors (Lipinski definition) is 1. The molecule has 0 aromatic heterocycles. The third-order valence-corrected chi connectivity index (χ3v) is 2.67. The van der Waals surface area contributed by atoms with Crippen molar-refractivity contribution in [2.24, 2.45) is 0 Å². The predicted octanol–water partition coefficient (Wildman–Crippen LogP) is 1.67. The Morgan fingerprint density at radius 2 is 2.06 bits per heavy atom. The first-order valence-corrected chi connectivity index (χ1v) is 6.08. The van der Waals surface area contributed by atoms with Crippen LogP contribution in [0.4, 0.5) is 0 Å². The van der Waals surface area contributed by atoms with Gasteiger partial charge in [0.2, 0.25) is 0 Å². The molecule has 0 fully saturated rings. The molecule has 0 saturated carbocycles. The number of likely N-dealkylation sites (N-methyl/N-ethyl adjacent to an activating group) is 1. The van der Waals surface area contributed by atoms with Gasteiger partial charge < -0.3 is 14.7 Å². The SMILES string of the molecule is CC(O)CN(C)C(=O)COc1ccc(Br)cc1. The van der Waals surface area contributed by atoms with Gasteiger partial charge in [-0.05, 0) is 31.2 Å². The number of halogens is 1. The van der Waals surface area contributed by atoms with Crippen LogP contribution in [0.25, 0.3) is 0 Å². The molecular formula is C12H16BrNO3. The van der Waals surface area contributed by atoms with Gasteiger partial charge >= 0.3 is 0 Å². The van der Waals surface area contributed by atoms with Crippen LogP contribution in [-0.2, 0) is 4.79 Å². The van der Waals surface area contributed by atoms with Crippen LogP contribution in [0.2, 0.25) is 0 Å². The van der Waals surface area contributed by atoms with Crippen LogP contribution in [-0.4, -0.2) is 42.2 Å². The molecule has 5 heteroatoms. The van der Waals surface area contributed by atoms with Crippen LogP contribution in [0.3, 0.4) is 0 Å². The first kappa shape index (κ1) is 14.0. The minimum Gasteiger partial charge on any atom is -0.484 e. The minimum atomic E-state index is -0.531. The van der Waals surface area contributed by atoms with Crippen LogP contribution in [0.5, 0.6) is 5.75 Å². The highest BCUT2D eigenvalue weighted by Crippen LogP contribution is 2.15. The molecule has 4 nitrogen and oxygen atoms in total. The molecule has 0 aliphatic heterocycles. The molecule has 1 aromatic rings. The summed E-state index contributed by atoms with van der Waals surface area (Å²) in [7, 11) is 1.64. The zero-order valence-electron chi connectivity index (χ0n) is 9.89. The van der Waals surface area contributed by atoms with E-state index < -0.39 is 6.10 Å². The van der Waals surface area contributed by atoms with E-state index in [0.29, 0.717) is 12.3 Å². The number of ether oxygens (including phenoxy) is 1. The second kappa shape index (κ2) is 6.61. The Kier molecular flexibility index (Phi) is 5.44. The van der Waals surface area contributed by atoms with Gasteiger partial charge in [0, 0.05) is 18.1 Å². The molecule has 1 unspecified atom stereocenters. The van der Waals surface area contributed by atoms with E-state index in [2.05, 4.69) is 15.9 Å². The van der Waals surface area contributed by atoms with Crippen LogP contribution >= 0.6 is 15.9 Å². The highest BCUT2D eigenvalue weighted by Gasteiger charge is 2.11. The van der Waals surface area contributed by atoms with Gasteiger partial charge in [-0.15, -0.1) is 0 Å². The summed E-state index contributed by atoms with van der Waals surface area (Å²) >= 11 is 3.32. The molecule has 0 bridgehead atoms. The van der Waals surface area contributed by atoms with Gasteiger partial charge in [0.15, 0.2) is 6.61 Å². The lowest BCUT2D eigenvalue weighted by Gasteiger charge is -2.18. The molecule has 1 rings (SSSR count). The Hall–Kier alpha value is -1.07. The van der Waals surface area contributed by atoms with Gasteiger partial charge in [-0.3, -0.25) is 4.79 Å². The normalized spacial score (nSPS) is 12.0. The van der Waals surface area contributed by atoms with Crippen LogP contribution in [0, 0.1) is 0 Å². The molecular weight excluding hydrogens is 286 g/mol. The number of carbonyl (C=O) groups excluding carboxylic acids is 1. The largest absolute Gasteiger partial charge is 0.484 e. The van der Waals surface area contributed by atoms with E-state index in [-0.39, 0.29) is 12.5 Å². The molecule has 0 heterocycles. The molecule has 0 aliphatic rings. The van der Waals surface area contributed by atoms with Crippen molar-refractivity contribution in [1.82, 2.24) is 4.90 Å². The highest BCUT2D eigenvalue weighted by atomic mass is 79.9. The van der Waals surface area contributed by atoms with Gasteiger partial charge in [0.05, 0.1) is 6.10 Å². The fourth-order valence-electron chi connectivity index (χ4n) is 1.28. The number of amides is 1. The summed E-state index contributed by atoms with van der Waals surface area (Å²) in [5, 5.41) is 9.15. The van der Waals surface area contributed by atoms with E-state index in [1.54, 1.807) is 26.1 Å². The van der Waals surface area contributed by atoms with E-state index in [0.717, 1.165) is 4.47 Å². The van der Waals surface area contributed by atoms with Gasteiger partial charge in [-0.2, -0.15) is 0 Å². The number of aliphatic hydroxyl groups excluding tert-OH is 1. The molecule has 1 amide bonds. The summed E-state index contributed by atoms with van der Waals surface area (Å²) in [5.41, 5.74) is 0. The van der Waals surface area contributed by atoms with Gasteiger partial charge in [-0.1, -0.05) is 15.9 Å². The van der Waals surface area contributed by atoms with Crippen molar-refractivity contribution in [3.8, 4) is 5.75 Å². The Morgan fingerprint density at radius 1 is 1.47 bits per heavy atom. The number of carbonyl (C=O) groups is 1.